The predicted molar refractivity (Wildman–Crippen MR) is 66.6 cm³/mol. The first-order chi connectivity index (χ1) is 7.47. The second-order valence-corrected chi connectivity index (χ2v) is 4.31. The smallest absolute Gasteiger partial charge is 0.326 e. The van der Waals surface area contributed by atoms with E-state index in [4.69, 9.17) is 28.3 Å². The summed E-state index contributed by atoms with van der Waals surface area (Å²) in [6.07, 6.45) is 0.505. The molecule has 0 fully saturated rings. The molecule has 0 radical (unpaired) electrons. The minimum atomic E-state index is -0.865. The Balaban J connectivity index is 3.03. The van der Waals surface area contributed by atoms with Gasteiger partial charge in [0.2, 0.25) is 0 Å². The van der Waals surface area contributed by atoms with Crippen LogP contribution < -0.4 is 4.90 Å². The van der Waals surface area contributed by atoms with Crippen LogP contribution in [0.1, 0.15) is 13.3 Å². The number of aliphatic carboxylic acids is 1. The summed E-state index contributed by atoms with van der Waals surface area (Å²) in [6, 6.07) is 4.42. The Morgan fingerprint density at radius 3 is 2.56 bits per heavy atom. The second-order valence-electron chi connectivity index (χ2n) is 3.47. The number of rotatable bonds is 4. The Bertz CT molecular complexity index is 396. The molecule has 0 aliphatic heterocycles. The Hall–Kier alpha value is -0.930. The quantitative estimate of drug-likeness (QED) is 0.905. The number of likely N-dealkylation sites (N-methyl/N-ethyl adjacent to an activating group) is 1. The zero-order valence-corrected chi connectivity index (χ0v) is 10.6. The van der Waals surface area contributed by atoms with Crippen LogP contribution in [0.3, 0.4) is 0 Å². The van der Waals surface area contributed by atoms with Gasteiger partial charge in [-0.1, -0.05) is 30.1 Å². The molecule has 1 aromatic rings. The summed E-state index contributed by atoms with van der Waals surface area (Å²) in [6.45, 7) is 1.82. The molecule has 0 spiro atoms. The molecule has 0 heterocycles. The van der Waals surface area contributed by atoms with Crippen LogP contribution in [0.15, 0.2) is 18.2 Å². The summed E-state index contributed by atoms with van der Waals surface area (Å²) in [5, 5.41) is 10.0. The lowest BCUT2D eigenvalue weighted by molar-refractivity contribution is -0.138. The number of anilines is 1. The Morgan fingerprint density at radius 2 is 2.12 bits per heavy atom. The van der Waals surface area contributed by atoms with E-state index in [-0.39, 0.29) is 0 Å². The zero-order chi connectivity index (χ0) is 12.3. The third-order valence-corrected chi connectivity index (χ3v) is 2.97. The van der Waals surface area contributed by atoms with Crippen molar-refractivity contribution in [1.82, 2.24) is 0 Å². The van der Waals surface area contributed by atoms with Crippen molar-refractivity contribution in [3.05, 3.63) is 28.2 Å². The van der Waals surface area contributed by atoms with Gasteiger partial charge in [0.15, 0.2) is 0 Å². The molecule has 0 unspecified atom stereocenters. The van der Waals surface area contributed by atoms with Crippen LogP contribution in [0, 0.1) is 0 Å². The van der Waals surface area contributed by atoms with Crippen LogP contribution >= 0.6 is 23.2 Å². The van der Waals surface area contributed by atoms with Gasteiger partial charge in [0, 0.05) is 12.1 Å². The average molecular weight is 262 g/mol. The van der Waals surface area contributed by atoms with Crippen LogP contribution in [0.25, 0.3) is 0 Å². The number of nitrogens with zero attached hydrogens (tertiary/aromatic N) is 1. The lowest BCUT2D eigenvalue weighted by Gasteiger charge is -2.26. The molecule has 3 nitrogen and oxygen atoms in total. The lowest BCUT2D eigenvalue weighted by Crippen LogP contribution is -2.38. The summed E-state index contributed by atoms with van der Waals surface area (Å²) in [5.41, 5.74) is 0.667. The first-order valence-corrected chi connectivity index (χ1v) is 5.63. The van der Waals surface area contributed by atoms with Gasteiger partial charge in [-0.05, 0) is 24.6 Å². The summed E-state index contributed by atoms with van der Waals surface area (Å²) >= 11 is 11.8. The van der Waals surface area contributed by atoms with Crippen molar-refractivity contribution in [2.75, 3.05) is 11.9 Å². The maximum Gasteiger partial charge on any atom is 0.326 e. The second kappa shape index (κ2) is 5.41. The molecule has 0 saturated carbocycles. The number of carboxylic acids is 1. The van der Waals surface area contributed by atoms with Gasteiger partial charge in [-0.2, -0.15) is 0 Å². The van der Waals surface area contributed by atoms with E-state index in [1.54, 1.807) is 30.1 Å². The first-order valence-electron chi connectivity index (χ1n) is 4.88. The molecule has 1 atom stereocenters. The highest BCUT2D eigenvalue weighted by Crippen LogP contribution is 2.29. The van der Waals surface area contributed by atoms with Crippen LogP contribution in [0.5, 0.6) is 0 Å². The van der Waals surface area contributed by atoms with Crippen molar-refractivity contribution in [3.8, 4) is 0 Å². The molecule has 0 aromatic heterocycles. The molecule has 1 aromatic carbocycles. The number of carboxylic acid groups (broad SMARTS) is 1. The number of benzene rings is 1. The molecule has 16 heavy (non-hydrogen) atoms. The molecule has 0 amide bonds. The lowest BCUT2D eigenvalue weighted by atomic mass is 10.2. The Morgan fingerprint density at radius 1 is 1.50 bits per heavy atom. The van der Waals surface area contributed by atoms with Gasteiger partial charge in [-0.3, -0.25) is 0 Å². The average Bonchev–Trinajstić information content (AvgIpc) is 2.17. The van der Waals surface area contributed by atoms with Crippen LogP contribution in [-0.2, 0) is 4.79 Å². The van der Waals surface area contributed by atoms with Crippen molar-refractivity contribution < 1.29 is 9.90 Å². The highest BCUT2D eigenvalue weighted by Gasteiger charge is 2.22. The Kier molecular flexibility index (Phi) is 4.44. The molecular formula is C11H13Cl2NO2. The van der Waals surface area contributed by atoms with E-state index in [9.17, 15) is 4.79 Å². The summed E-state index contributed by atoms with van der Waals surface area (Å²) in [7, 11) is 1.71. The number of hydrogen-bond donors (Lipinski definition) is 1. The zero-order valence-electron chi connectivity index (χ0n) is 9.08. The van der Waals surface area contributed by atoms with Gasteiger partial charge >= 0.3 is 5.97 Å². The number of halogens is 2. The van der Waals surface area contributed by atoms with Crippen molar-refractivity contribution in [1.29, 1.82) is 0 Å². The maximum absolute atomic E-state index is 11.0. The Labute approximate surface area is 105 Å². The summed E-state index contributed by atoms with van der Waals surface area (Å²) in [4.78, 5) is 12.7. The molecule has 1 N–H and O–H groups in total. The molecular weight excluding hydrogens is 249 g/mol. The highest BCUT2D eigenvalue weighted by molar-refractivity contribution is 6.36. The number of hydrogen-bond acceptors (Lipinski definition) is 2. The maximum atomic E-state index is 11.0. The van der Waals surface area contributed by atoms with Crippen molar-refractivity contribution >= 4 is 34.9 Å². The number of carbonyl (C=O) groups is 1. The fourth-order valence-electron chi connectivity index (χ4n) is 1.55. The van der Waals surface area contributed by atoms with Crippen LogP contribution in [-0.4, -0.2) is 24.2 Å². The summed E-state index contributed by atoms with van der Waals surface area (Å²) < 4.78 is 0. The van der Waals surface area contributed by atoms with Gasteiger partial charge in [0.1, 0.15) is 6.04 Å². The first kappa shape index (κ1) is 13.1. The van der Waals surface area contributed by atoms with E-state index in [2.05, 4.69) is 0 Å². The third kappa shape index (κ3) is 2.80. The normalized spacial score (nSPS) is 12.2. The van der Waals surface area contributed by atoms with Crippen molar-refractivity contribution in [3.63, 3.8) is 0 Å². The van der Waals surface area contributed by atoms with Crippen molar-refractivity contribution in [2.45, 2.75) is 19.4 Å². The molecule has 0 aliphatic carbocycles. The van der Waals surface area contributed by atoms with E-state index in [1.807, 2.05) is 6.92 Å². The van der Waals surface area contributed by atoms with Gasteiger partial charge in [-0.25, -0.2) is 4.79 Å². The predicted octanol–water partition coefficient (Wildman–Crippen LogP) is 3.29. The molecule has 0 saturated heterocycles. The van der Waals surface area contributed by atoms with E-state index >= 15 is 0 Å². The minimum Gasteiger partial charge on any atom is -0.480 e. The van der Waals surface area contributed by atoms with E-state index < -0.39 is 12.0 Å². The van der Waals surface area contributed by atoms with Crippen LogP contribution in [0.2, 0.25) is 10.0 Å². The largest absolute Gasteiger partial charge is 0.480 e. The monoisotopic (exact) mass is 261 g/mol. The standard InChI is InChI=1S/C11H13Cl2NO2/c1-3-9(11(15)16)14(2)10-5-4-7(12)6-8(10)13/h4-6,9H,3H2,1-2H3,(H,15,16)/t9-/m0/s1. The topological polar surface area (TPSA) is 40.5 Å². The molecule has 88 valence electrons. The van der Waals surface area contributed by atoms with Gasteiger partial charge in [0.25, 0.3) is 0 Å². The van der Waals surface area contributed by atoms with Gasteiger partial charge in [0.05, 0.1) is 10.7 Å². The van der Waals surface area contributed by atoms with Gasteiger partial charge < -0.3 is 10.0 Å². The summed E-state index contributed by atoms with van der Waals surface area (Å²) in [5.74, 6) is -0.865. The van der Waals surface area contributed by atoms with E-state index in [1.165, 1.54) is 0 Å². The molecule has 1 rings (SSSR count). The SMILES string of the molecule is CC[C@@H](C(=O)O)N(C)c1ccc(Cl)cc1Cl. The van der Waals surface area contributed by atoms with Crippen molar-refractivity contribution in [2.24, 2.45) is 0 Å². The molecule has 0 bridgehead atoms. The van der Waals surface area contributed by atoms with Crippen LogP contribution in [0.4, 0.5) is 5.69 Å². The fourth-order valence-corrected chi connectivity index (χ4v) is 2.09. The molecule has 5 heteroatoms. The molecule has 0 aliphatic rings. The fraction of sp³-hybridized carbons (Fsp3) is 0.364. The minimum absolute atomic E-state index is 0.453. The van der Waals surface area contributed by atoms with E-state index in [0.717, 1.165) is 0 Å². The van der Waals surface area contributed by atoms with Gasteiger partial charge in [-0.15, -0.1) is 0 Å². The highest BCUT2D eigenvalue weighted by atomic mass is 35.5. The van der Waals surface area contributed by atoms with E-state index in [0.29, 0.717) is 22.2 Å². The third-order valence-electron chi connectivity index (χ3n) is 2.43.